The van der Waals surface area contributed by atoms with Crippen molar-refractivity contribution in [2.75, 3.05) is 18.5 Å². The first-order chi connectivity index (χ1) is 11.1. The zero-order valence-electron chi connectivity index (χ0n) is 13.5. The van der Waals surface area contributed by atoms with E-state index < -0.39 is 7.34 Å². The minimum atomic E-state index is -2.39. The van der Waals surface area contributed by atoms with Gasteiger partial charge in [-0.05, 0) is 50.0 Å². The highest BCUT2D eigenvalue weighted by Crippen LogP contribution is 2.60. The molecule has 0 amide bonds. The molecule has 3 nitrogen and oxygen atoms in total. The average molecular weight is 352 g/mol. The molecule has 23 heavy (non-hydrogen) atoms. The Hall–Kier alpha value is -1.25. The van der Waals surface area contributed by atoms with Crippen LogP contribution < -0.4 is 5.32 Å². The van der Waals surface area contributed by atoms with Crippen molar-refractivity contribution in [1.82, 2.24) is 0 Å². The van der Waals surface area contributed by atoms with E-state index in [9.17, 15) is 0 Å². The number of anilines is 1. The number of para-hydroxylation sites is 1. The van der Waals surface area contributed by atoms with Gasteiger partial charge in [0.05, 0.1) is 13.2 Å². The van der Waals surface area contributed by atoms with Crippen LogP contribution in [0.15, 0.2) is 54.6 Å². The van der Waals surface area contributed by atoms with Gasteiger partial charge in [-0.2, -0.15) is 0 Å². The Morgan fingerprint density at radius 1 is 1.00 bits per heavy atom. The molecule has 0 aliphatic carbocycles. The van der Waals surface area contributed by atoms with Gasteiger partial charge in [0, 0.05) is 10.7 Å². The fraction of sp³-hybridized carbons (Fsp3) is 0.278. The zero-order chi connectivity index (χ0) is 16.7. The standard InChI is InChI=1S/C18H23ClNO2P/c1-4-21-23(3,22-5-2)18(15-11-13-16(19)14-12-15)20-17-9-7-6-8-10-17/h6-14,18,20H,3-5H2,1-2H3. The lowest BCUT2D eigenvalue weighted by molar-refractivity contribution is 0.260. The molecule has 0 saturated heterocycles. The van der Waals surface area contributed by atoms with E-state index in [-0.39, 0.29) is 5.78 Å². The number of benzene rings is 2. The lowest BCUT2D eigenvalue weighted by Crippen LogP contribution is -2.15. The fourth-order valence-corrected chi connectivity index (χ4v) is 4.71. The maximum Gasteiger partial charge on any atom is 0.143 e. The first kappa shape index (κ1) is 18.1. The second-order valence-electron chi connectivity index (χ2n) is 5.03. The first-order valence-electron chi connectivity index (χ1n) is 7.68. The van der Waals surface area contributed by atoms with Crippen molar-refractivity contribution in [1.29, 1.82) is 0 Å². The van der Waals surface area contributed by atoms with Crippen LogP contribution in [0.1, 0.15) is 25.2 Å². The monoisotopic (exact) mass is 351 g/mol. The molecule has 1 unspecified atom stereocenters. The Kier molecular flexibility index (Phi) is 6.73. The third kappa shape index (κ3) is 4.86. The van der Waals surface area contributed by atoms with Crippen LogP contribution in [0.2, 0.25) is 5.02 Å². The highest BCUT2D eigenvalue weighted by atomic mass is 35.5. The number of halogens is 1. The van der Waals surface area contributed by atoms with Crippen molar-refractivity contribution in [2.45, 2.75) is 19.6 Å². The SMILES string of the molecule is C=P(OCC)(OCC)C(Nc1ccccc1)c1ccc(Cl)cc1. The summed E-state index contributed by atoms with van der Waals surface area (Å²) in [6.45, 7) is 5.02. The van der Waals surface area contributed by atoms with Gasteiger partial charge in [-0.25, -0.2) is 0 Å². The largest absolute Gasteiger partial charge is 0.371 e. The molecule has 1 atom stereocenters. The number of rotatable bonds is 8. The van der Waals surface area contributed by atoms with E-state index >= 15 is 0 Å². The normalized spacial score (nSPS) is 12.8. The molecule has 2 aromatic rings. The Labute approximate surface area is 143 Å². The quantitative estimate of drug-likeness (QED) is 0.609. The molecule has 0 spiro atoms. The molecule has 0 aliphatic rings. The minimum absolute atomic E-state index is 0.165. The molecule has 0 saturated carbocycles. The summed E-state index contributed by atoms with van der Waals surface area (Å²) < 4.78 is 11.9. The molecule has 124 valence electrons. The van der Waals surface area contributed by atoms with Crippen LogP contribution in [-0.4, -0.2) is 19.5 Å². The fourth-order valence-electron chi connectivity index (χ4n) is 2.37. The van der Waals surface area contributed by atoms with Crippen molar-refractivity contribution in [3.8, 4) is 0 Å². The van der Waals surface area contributed by atoms with Gasteiger partial charge in [-0.15, -0.1) is 0 Å². The Morgan fingerprint density at radius 3 is 2.09 bits per heavy atom. The Balaban J connectivity index is 2.40. The van der Waals surface area contributed by atoms with Gasteiger partial charge in [0.25, 0.3) is 0 Å². The predicted octanol–water partition coefficient (Wildman–Crippen LogP) is 5.80. The first-order valence-corrected chi connectivity index (χ1v) is 9.94. The molecule has 0 fully saturated rings. The van der Waals surface area contributed by atoms with Crippen molar-refractivity contribution < 1.29 is 9.05 Å². The second kappa shape index (κ2) is 8.56. The highest BCUT2D eigenvalue weighted by molar-refractivity contribution is 7.64. The van der Waals surface area contributed by atoms with Crippen LogP contribution in [0.4, 0.5) is 5.69 Å². The highest BCUT2D eigenvalue weighted by Gasteiger charge is 2.29. The molecule has 0 bridgehead atoms. The third-order valence-corrected chi connectivity index (χ3v) is 6.21. The van der Waals surface area contributed by atoms with E-state index in [1.807, 2.05) is 68.4 Å². The van der Waals surface area contributed by atoms with Gasteiger partial charge in [0.15, 0.2) is 0 Å². The molecule has 1 N–H and O–H groups in total. The van der Waals surface area contributed by atoms with E-state index in [1.165, 1.54) is 0 Å². The van der Waals surface area contributed by atoms with E-state index in [2.05, 4.69) is 11.6 Å². The summed E-state index contributed by atoms with van der Waals surface area (Å²) in [6, 6.07) is 17.7. The predicted molar refractivity (Wildman–Crippen MR) is 102 cm³/mol. The lowest BCUT2D eigenvalue weighted by atomic mass is 10.2. The summed E-state index contributed by atoms with van der Waals surface area (Å²) in [7, 11) is -2.39. The van der Waals surface area contributed by atoms with Crippen molar-refractivity contribution in [3.63, 3.8) is 0 Å². The summed E-state index contributed by atoms with van der Waals surface area (Å²) in [5.74, 6) is -0.165. The average Bonchev–Trinajstić information content (AvgIpc) is 2.55. The third-order valence-electron chi connectivity index (χ3n) is 3.35. The van der Waals surface area contributed by atoms with Gasteiger partial charge >= 0.3 is 0 Å². The van der Waals surface area contributed by atoms with E-state index in [0.29, 0.717) is 18.2 Å². The molecule has 0 aliphatic heterocycles. The van der Waals surface area contributed by atoms with Gasteiger partial charge in [-0.1, -0.05) is 41.9 Å². The number of nitrogens with one attached hydrogen (secondary N) is 1. The van der Waals surface area contributed by atoms with E-state index in [0.717, 1.165) is 11.3 Å². The summed E-state index contributed by atoms with van der Waals surface area (Å²) in [4.78, 5) is 0. The van der Waals surface area contributed by atoms with Gasteiger partial charge in [0.1, 0.15) is 13.1 Å². The van der Waals surface area contributed by atoms with Crippen LogP contribution in [-0.2, 0) is 9.05 Å². The summed E-state index contributed by atoms with van der Waals surface area (Å²) in [5.41, 5.74) is 2.04. The summed E-state index contributed by atoms with van der Waals surface area (Å²) in [5, 5.41) is 4.22. The Morgan fingerprint density at radius 2 is 1.57 bits per heavy atom. The molecular formula is C18H23ClNO2P. The number of hydrogen-bond acceptors (Lipinski definition) is 3. The summed E-state index contributed by atoms with van der Waals surface area (Å²) >= 11 is 6.02. The van der Waals surface area contributed by atoms with Crippen LogP contribution in [0.5, 0.6) is 0 Å². The van der Waals surface area contributed by atoms with Gasteiger partial charge in [-0.3, -0.25) is 0 Å². The van der Waals surface area contributed by atoms with Crippen LogP contribution in [0, 0.1) is 0 Å². The van der Waals surface area contributed by atoms with E-state index in [1.54, 1.807) is 0 Å². The minimum Gasteiger partial charge on any atom is -0.371 e. The van der Waals surface area contributed by atoms with Crippen molar-refractivity contribution in [3.05, 3.63) is 65.2 Å². The van der Waals surface area contributed by atoms with Crippen molar-refractivity contribution >= 4 is 30.9 Å². The number of hydrogen-bond donors (Lipinski definition) is 1. The zero-order valence-corrected chi connectivity index (χ0v) is 15.2. The molecule has 2 rings (SSSR count). The maximum atomic E-state index is 6.02. The molecule has 5 heteroatoms. The molecule has 0 radical (unpaired) electrons. The van der Waals surface area contributed by atoms with Gasteiger partial charge in [0.2, 0.25) is 0 Å². The molecular weight excluding hydrogens is 329 g/mol. The van der Waals surface area contributed by atoms with Crippen LogP contribution >= 0.6 is 18.9 Å². The van der Waals surface area contributed by atoms with Crippen LogP contribution in [0.25, 0.3) is 0 Å². The summed E-state index contributed by atoms with van der Waals surface area (Å²) in [6.07, 6.45) is 4.32. The molecule has 0 aromatic heterocycles. The topological polar surface area (TPSA) is 30.5 Å². The second-order valence-corrected chi connectivity index (χ2v) is 7.95. The van der Waals surface area contributed by atoms with E-state index in [4.69, 9.17) is 20.6 Å². The molecule has 2 aromatic carbocycles. The molecule has 0 heterocycles. The smallest absolute Gasteiger partial charge is 0.143 e. The van der Waals surface area contributed by atoms with Crippen LogP contribution in [0.3, 0.4) is 0 Å². The van der Waals surface area contributed by atoms with Crippen molar-refractivity contribution in [2.24, 2.45) is 0 Å². The van der Waals surface area contributed by atoms with Gasteiger partial charge < -0.3 is 14.4 Å². The lowest BCUT2D eigenvalue weighted by Gasteiger charge is -2.33. The Bertz CT molecular complexity index is 636. The maximum absolute atomic E-state index is 6.02.